The zero-order valence-corrected chi connectivity index (χ0v) is 13.8. The summed E-state index contributed by atoms with van der Waals surface area (Å²) >= 11 is 1.76. The van der Waals surface area contributed by atoms with Crippen molar-refractivity contribution in [2.75, 3.05) is 20.2 Å². The van der Waals surface area contributed by atoms with Gasteiger partial charge in [-0.1, -0.05) is 13.8 Å². The second kappa shape index (κ2) is 7.48. The molecule has 0 amide bonds. The molecule has 114 valence electrons. The molecule has 2 rings (SSSR count). The van der Waals surface area contributed by atoms with Gasteiger partial charge in [0, 0.05) is 20.0 Å². The molecular weight excluding hydrogens is 270 g/mol. The maximum Gasteiger partial charge on any atom is 0.120 e. The number of aromatic nitrogens is 2. The van der Waals surface area contributed by atoms with Crippen LogP contribution in [0.25, 0.3) is 0 Å². The van der Waals surface area contributed by atoms with Crippen molar-refractivity contribution in [2.24, 2.45) is 5.92 Å². The molecule has 0 spiro atoms. The Labute approximate surface area is 126 Å². The lowest BCUT2D eigenvalue weighted by molar-refractivity contribution is -0.0709. The van der Waals surface area contributed by atoms with Crippen LogP contribution in [0.15, 0.2) is 0 Å². The lowest BCUT2D eigenvalue weighted by Crippen LogP contribution is -2.41. The van der Waals surface area contributed by atoms with E-state index in [0.717, 1.165) is 61.1 Å². The fourth-order valence-electron chi connectivity index (χ4n) is 2.52. The molecule has 0 radical (unpaired) electrons. The molecule has 0 atom stereocenters. The number of rotatable bonds is 9. The first kappa shape index (κ1) is 15.9. The molecule has 0 bridgehead atoms. The van der Waals surface area contributed by atoms with E-state index in [1.165, 1.54) is 6.42 Å². The average molecular weight is 297 g/mol. The Morgan fingerprint density at radius 3 is 2.65 bits per heavy atom. The number of ether oxygens (including phenoxy) is 1. The summed E-state index contributed by atoms with van der Waals surface area (Å²) in [4.78, 5) is 0. The quantitative estimate of drug-likeness (QED) is 0.712. The van der Waals surface area contributed by atoms with Crippen molar-refractivity contribution in [3.63, 3.8) is 0 Å². The fourth-order valence-corrected chi connectivity index (χ4v) is 3.53. The van der Waals surface area contributed by atoms with Crippen molar-refractivity contribution >= 4 is 11.3 Å². The van der Waals surface area contributed by atoms with Gasteiger partial charge in [0.05, 0.1) is 5.60 Å². The van der Waals surface area contributed by atoms with Crippen molar-refractivity contribution in [2.45, 2.75) is 58.0 Å². The van der Waals surface area contributed by atoms with Gasteiger partial charge in [-0.2, -0.15) is 0 Å². The summed E-state index contributed by atoms with van der Waals surface area (Å²) in [5, 5.41) is 14.4. The van der Waals surface area contributed by atoms with Crippen LogP contribution in [-0.2, 0) is 17.6 Å². The first-order valence-electron chi connectivity index (χ1n) is 7.71. The van der Waals surface area contributed by atoms with E-state index in [4.69, 9.17) is 4.74 Å². The second-order valence-corrected chi connectivity index (χ2v) is 7.36. The van der Waals surface area contributed by atoms with Crippen molar-refractivity contribution in [1.29, 1.82) is 0 Å². The van der Waals surface area contributed by atoms with Crippen molar-refractivity contribution in [3.8, 4) is 0 Å². The van der Waals surface area contributed by atoms with Gasteiger partial charge in [0.1, 0.15) is 10.0 Å². The molecule has 0 aliphatic heterocycles. The summed E-state index contributed by atoms with van der Waals surface area (Å²) in [7, 11) is 1.82. The molecule has 1 saturated carbocycles. The van der Waals surface area contributed by atoms with E-state index in [9.17, 15) is 0 Å². The normalized spacial score (nSPS) is 17.4. The van der Waals surface area contributed by atoms with E-state index in [-0.39, 0.29) is 5.60 Å². The zero-order valence-electron chi connectivity index (χ0n) is 12.9. The van der Waals surface area contributed by atoms with Crippen LogP contribution in [0.4, 0.5) is 0 Å². The first-order valence-corrected chi connectivity index (χ1v) is 8.52. The lowest BCUT2D eigenvalue weighted by atomic mass is 9.78. The highest BCUT2D eigenvalue weighted by atomic mass is 32.1. The largest absolute Gasteiger partial charge is 0.378 e. The van der Waals surface area contributed by atoms with E-state index in [2.05, 4.69) is 29.4 Å². The monoisotopic (exact) mass is 297 g/mol. The topological polar surface area (TPSA) is 47.0 Å². The van der Waals surface area contributed by atoms with Crippen LogP contribution >= 0.6 is 11.3 Å². The maximum atomic E-state index is 5.65. The Kier molecular flexibility index (Phi) is 5.93. The van der Waals surface area contributed by atoms with Gasteiger partial charge in [0.25, 0.3) is 0 Å². The highest BCUT2D eigenvalue weighted by molar-refractivity contribution is 7.11. The Morgan fingerprint density at radius 2 is 2.05 bits per heavy atom. The Morgan fingerprint density at radius 1 is 1.30 bits per heavy atom. The van der Waals surface area contributed by atoms with Gasteiger partial charge in [-0.3, -0.25) is 0 Å². The van der Waals surface area contributed by atoms with Crippen LogP contribution in [0.2, 0.25) is 0 Å². The Balaban J connectivity index is 1.69. The Hall–Kier alpha value is -0.520. The van der Waals surface area contributed by atoms with E-state index in [1.54, 1.807) is 11.3 Å². The number of aryl methyl sites for hydroxylation is 1. The molecule has 4 nitrogen and oxygen atoms in total. The van der Waals surface area contributed by atoms with Crippen molar-refractivity contribution in [1.82, 2.24) is 15.5 Å². The third-order valence-electron chi connectivity index (χ3n) is 3.98. The van der Waals surface area contributed by atoms with Gasteiger partial charge < -0.3 is 10.1 Å². The van der Waals surface area contributed by atoms with E-state index >= 15 is 0 Å². The van der Waals surface area contributed by atoms with Crippen molar-refractivity contribution in [3.05, 3.63) is 10.0 Å². The van der Waals surface area contributed by atoms with Crippen LogP contribution < -0.4 is 5.32 Å². The smallest absolute Gasteiger partial charge is 0.120 e. The first-order chi connectivity index (χ1) is 9.63. The minimum atomic E-state index is 0.0651. The molecule has 1 N–H and O–H groups in total. The SMILES string of the molecule is COC1(Cc2nnc(CCCNCC(C)C)s2)CCC1. The predicted molar refractivity (Wildman–Crippen MR) is 83.2 cm³/mol. The fraction of sp³-hybridized carbons (Fsp3) is 0.867. The van der Waals surface area contributed by atoms with Gasteiger partial charge in [-0.05, 0) is 44.7 Å². The third kappa shape index (κ3) is 4.50. The summed E-state index contributed by atoms with van der Waals surface area (Å²) in [6.07, 6.45) is 6.71. The highest BCUT2D eigenvalue weighted by Crippen LogP contribution is 2.38. The molecule has 0 saturated heterocycles. The molecule has 5 heteroatoms. The second-order valence-electron chi connectivity index (χ2n) is 6.21. The van der Waals surface area contributed by atoms with E-state index < -0.39 is 0 Å². The summed E-state index contributed by atoms with van der Waals surface area (Å²) < 4.78 is 5.65. The molecule has 1 heterocycles. The Bertz CT molecular complexity index is 396. The lowest BCUT2D eigenvalue weighted by Gasteiger charge is -2.39. The molecule has 1 aromatic rings. The van der Waals surface area contributed by atoms with Gasteiger partial charge >= 0.3 is 0 Å². The summed E-state index contributed by atoms with van der Waals surface area (Å²) in [5.74, 6) is 0.718. The maximum absolute atomic E-state index is 5.65. The standard InChI is InChI=1S/C15H27N3OS/c1-12(2)11-16-9-4-6-13-17-18-14(20-13)10-15(19-3)7-5-8-15/h12,16H,4-11H2,1-3H3. The highest BCUT2D eigenvalue weighted by Gasteiger charge is 2.38. The molecule has 1 aromatic heterocycles. The predicted octanol–water partition coefficient (Wildman–Crippen LogP) is 2.83. The van der Waals surface area contributed by atoms with Crippen LogP contribution in [0.3, 0.4) is 0 Å². The molecule has 20 heavy (non-hydrogen) atoms. The molecular formula is C15H27N3OS. The molecule has 0 unspecified atom stereocenters. The van der Waals surface area contributed by atoms with Crippen molar-refractivity contribution < 1.29 is 4.74 Å². The third-order valence-corrected chi connectivity index (χ3v) is 4.96. The minimum absolute atomic E-state index is 0.0651. The number of nitrogens with one attached hydrogen (secondary N) is 1. The van der Waals surface area contributed by atoms with Crippen LogP contribution in [-0.4, -0.2) is 36.0 Å². The number of methoxy groups -OCH3 is 1. The number of hydrogen-bond donors (Lipinski definition) is 1. The molecule has 1 aliphatic carbocycles. The van der Waals surface area contributed by atoms with Gasteiger partial charge in [-0.15, -0.1) is 21.5 Å². The molecule has 1 aliphatic rings. The summed E-state index contributed by atoms with van der Waals surface area (Å²) in [5.41, 5.74) is 0.0651. The van der Waals surface area contributed by atoms with Crippen LogP contribution in [0.5, 0.6) is 0 Å². The van der Waals surface area contributed by atoms with Gasteiger partial charge in [-0.25, -0.2) is 0 Å². The van der Waals surface area contributed by atoms with Crippen LogP contribution in [0.1, 0.15) is 49.5 Å². The number of nitrogens with zero attached hydrogens (tertiary/aromatic N) is 2. The summed E-state index contributed by atoms with van der Waals surface area (Å²) in [6.45, 7) is 6.62. The molecule has 0 aromatic carbocycles. The van der Waals surface area contributed by atoms with Gasteiger partial charge in [0.2, 0.25) is 0 Å². The van der Waals surface area contributed by atoms with Gasteiger partial charge in [0.15, 0.2) is 0 Å². The average Bonchev–Trinajstić information content (AvgIpc) is 2.81. The zero-order chi connectivity index (χ0) is 14.4. The van der Waals surface area contributed by atoms with Crippen LogP contribution in [0, 0.1) is 5.92 Å². The number of hydrogen-bond acceptors (Lipinski definition) is 5. The van der Waals surface area contributed by atoms with E-state index in [0.29, 0.717) is 0 Å². The summed E-state index contributed by atoms with van der Waals surface area (Å²) in [6, 6.07) is 0. The van der Waals surface area contributed by atoms with E-state index in [1.807, 2.05) is 7.11 Å². The minimum Gasteiger partial charge on any atom is -0.378 e. The molecule has 1 fully saturated rings.